The minimum Gasteiger partial charge on any atom is -0.507 e. The van der Waals surface area contributed by atoms with Crippen molar-refractivity contribution in [2.75, 3.05) is 32.8 Å². The zero-order chi connectivity index (χ0) is 27.6. The second kappa shape index (κ2) is 10.9. The van der Waals surface area contributed by atoms with E-state index in [1.54, 1.807) is 36.4 Å². The van der Waals surface area contributed by atoms with E-state index in [1.165, 1.54) is 26.2 Å². The topological polar surface area (TPSA) is 94.5 Å². The van der Waals surface area contributed by atoms with E-state index >= 15 is 0 Å². The second-order valence-corrected chi connectivity index (χ2v) is 8.87. The largest absolute Gasteiger partial charge is 0.507 e. The predicted molar refractivity (Wildman–Crippen MR) is 144 cm³/mol. The van der Waals surface area contributed by atoms with Crippen molar-refractivity contribution in [3.8, 4) is 23.0 Å². The zero-order valence-electron chi connectivity index (χ0n) is 22.3. The van der Waals surface area contributed by atoms with Gasteiger partial charge in [0.15, 0.2) is 11.5 Å². The molecule has 1 amide bonds. The molecule has 198 valence electrons. The molecule has 1 unspecified atom stereocenters. The van der Waals surface area contributed by atoms with Gasteiger partial charge < -0.3 is 24.1 Å². The fourth-order valence-electron chi connectivity index (χ4n) is 4.65. The normalized spacial score (nSPS) is 16.5. The Kier molecular flexibility index (Phi) is 7.62. The minimum atomic E-state index is -0.938. The van der Waals surface area contributed by atoms with Gasteiger partial charge in [-0.2, -0.15) is 0 Å². The van der Waals surface area contributed by atoms with Crippen LogP contribution in [0.25, 0.3) is 5.76 Å². The second-order valence-electron chi connectivity index (χ2n) is 8.87. The molecule has 1 aliphatic heterocycles. The molecule has 1 N–H and O–H groups in total. The molecule has 8 nitrogen and oxygen atoms in total. The molecule has 1 atom stereocenters. The third kappa shape index (κ3) is 4.65. The summed E-state index contributed by atoms with van der Waals surface area (Å²) in [6.45, 7) is 6.03. The number of Topliss-reactive ketones (excluding diaryl/α,β-unsaturated/α-hetero) is 1. The van der Waals surface area contributed by atoms with Gasteiger partial charge in [0.25, 0.3) is 11.7 Å². The molecule has 0 radical (unpaired) electrons. The van der Waals surface area contributed by atoms with Crippen LogP contribution in [-0.4, -0.2) is 44.7 Å². The molecular weight excluding hydrogens is 486 g/mol. The molecule has 1 fully saturated rings. The monoisotopic (exact) mass is 517 g/mol. The number of aliphatic hydroxyl groups excluding tert-OH is 1. The standard InChI is InChI=1S/C30H31NO7/c1-7-38-25-15-19(10-13-23(25)36-5)27-26(28(32)21-12-11-20(35-4)16-24(21)37-6)29(33)30(34)31(27)22-14-17(2)8-9-18(22)3/h8-16,27,32H,7H2,1-6H3/b28-26+. The summed E-state index contributed by atoms with van der Waals surface area (Å²) < 4.78 is 22.0. The van der Waals surface area contributed by atoms with Gasteiger partial charge in [-0.25, -0.2) is 0 Å². The molecular formula is C30H31NO7. The van der Waals surface area contributed by atoms with E-state index in [0.29, 0.717) is 40.9 Å². The summed E-state index contributed by atoms with van der Waals surface area (Å²) in [5, 5.41) is 11.6. The number of methoxy groups -OCH3 is 3. The number of hydrogen-bond acceptors (Lipinski definition) is 7. The average Bonchev–Trinajstić information content (AvgIpc) is 3.19. The first-order valence-electron chi connectivity index (χ1n) is 12.2. The van der Waals surface area contributed by atoms with Crippen LogP contribution in [-0.2, 0) is 9.59 Å². The summed E-state index contributed by atoms with van der Waals surface area (Å²) in [7, 11) is 4.51. The molecule has 0 aromatic heterocycles. The third-order valence-corrected chi connectivity index (χ3v) is 6.54. The maximum Gasteiger partial charge on any atom is 0.300 e. The molecule has 1 saturated heterocycles. The van der Waals surface area contributed by atoms with Crippen LogP contribution in [0, 0.1) is 13.8 Å². The van der Waals surface area contributed by atoms with Crippen molar-refractivity contribution in [1.82, 2.24) is 0 Å². The Morgan fingerprint density at radius 2 is 1.61 bits per heavy atom. The quantitative estimate of drug-likeness (QED) is 0.244. The molecule has 0 spiro atoms. The average molecular weight is 518 g/mol. The Morgan fingerprint density at radius 1 is 0.868 bits per heavy atom. The Morgan fingerprint density at radius 3 is 2.26 bits per heavy atom. The summed E-state index contributed by atoms with van der Waals surface area (Å²) in [6, 6.07) is 14.8. The highest BCUT2D eigenvalue weighted by Gasteiger charge is 2.48. The van der Waals surface area contributed by atoms with Crippen LogP contribution in [0.5, 0.6) is 23.0 Å². The van der Waals surface area contributed by atoms with Gasteiger partial charge in [-0.15, -0.1) is 0 Å². The number of anilines is 1. The fraction of sp³-hybridized carbons (Fsp3) is 0.267. The summed E-state index contributed by atoms with van der Waals surface area (Å²) >= 11 is 0. The van der Waals surface area contributed by atoms with E-state index in [4.69, 9.17) is 18.9 Å². The highest BCUT2D eigenvalue weighted by Crippen LogP contribution is 2.46. The highest BCUT2D eigenvalue weighted by molar-refractivity contribution is 6.51. The lowest BCUT2D eigenvalue weighted by Gasteiger charge is -2.27. The van der Waals surface area contributed by atoms with Crippen molar-refractivity contribution in [3.05, 3.63) is 82.4 Å². The lowest BCUT2D eigenvalue weighted by molar-refractivity contribution is -0.132. The lowest BCUT2D eigenvalue weighted by Crippen LogP contribution is -2.30. The number of amides is 1. The first-order chi connectivity index (χ1) is 18.2. The van der Waals surface area contributed by atoms with Crippen LogP contribution in [0.1, 0.15) is 35.2 Å². The number of nitrogens with zero attached hydrogens (tertiary/aromatic N) is 1. The van der Waals surface area contributed by atoms with Crippen LogP contribution in [0.2, 0.25) is 0 Å². The van der Waals surface area contributed by atoms with Gasteiger partial charge in [-0.3, -0.25) is 14.5 Å². The van der Waals surface area contributed by atoms with Gasteiger partial charge in [0.2, 0.25) is 0 Å². The van der Waals surface area contributed by atoms with Gasteiger partial charge in [0.1, 0.15) is 17.3 Å². The molecule has 3 aromatic rings. The number of aryl methyl sites for hydroxylation is 2. The molecule has 0 saturated carbocycles. The van der Waals surface area contributed by atoms with Crippen molar-refractivity contribution in [1.29, 1.82) is 0 Å². The van der Waals surface area contributed by atoms with E-state index in [1.807, 2.05) is 39.0 Å². The number of ether oxygens (including phenoxy) is 4. The van der Waals surface area contributed by atoms with Crippen LogP contribution < -0.4 is 23.8 Å². The summed E-state index contributed by atoms with van der Waals surface area (Å²) in [4.78, 5) is 28.7. The molecule has 3 aromatic carbocycles. The van der Waals surface area contributed by atoms with Gasteiger partial charge in [0.05, 0.1) is 45.1 Å². The Labute approximate surface area is 222 Å². The number of benzene rings is 3. The van der Waals surface area contributed by atoms with Crippen LogP contribution in [0.3, 0.4) is 0 Å². The van der Waals surface area contributed by atoms with Crippen molar-refractivity contribution in [2.24, 2.45) is 0 Å². The fourth-order valence-corrected chi connectivity index (χ4v) is 4.65. The van der Waals surface area contributed by atoms with Gasteiger partial charge >= 0.3 is 0 Å². The van der Waals surface area contributed by atoms with E-state index in [0.717, 1.165) is 11.1 Å². The highest BCUT2D eigenvalue weighted by atomic mass is 16.5. The van der Waals surface area contributed by atoms with Crippen molar-refractivity contribution < 1.29 is 33.6 Å². The molecule has 38 heavy (non-hydrogen) atoms. The molecule has 1 aliphatic rings. The van der Waals surface area contributed by atoms with Crippen molar-refractivity contribution in [2.45, 2.75) is 26.8 Å². The molecule has 1 heterocycles. The smallest absolute Gasteiger partial charge is 0.300 e. The van der Waals surface area contributed by atoms with Crippen molar-refractivity contribution >= 4 is 23.1 Å². The third-order valence-electron chi connectivity index (χ3n) is 6.54. The number of aliphatic hydroxyl groups is 1. The SMILES string of the molecule is CCOc1cc(C2/C(=C(\O)c3ccc(OC)cc3OC)C(=O)C(=O)N2c2cc(C)ccc2C)ccc1OC. The summed E-state index contributed by atoms with van der Waals surface area (Å²) in [5.41, 5.74) is 3.08. The molecule has 4 rings (SSSR count). The predicted octanol–water partition coefficient (Wildman–Crippen LogP) is 5.35. The number of carbonyl (C=O) groups excluding carboxylic acids is 2. The summed E-state index contributed by atoms with van der Waals surface area (Å²) in [5.74, 6) is -0.122. The van der Waals surface area contributed by atoms with Gasteiger partial charge in [-0.1, -0.05) is 18.2 Å². The first kappa shape index (κ1) is 26.6. The molecule has 8 heteroatoms. The van der Waals surface area contributed by atoms with Crippen LogP contribution in [0.4, 0.5) is 5.69 Å². The van der Waals surface area contributed by atoms with E-state index in [-0.39, 0.29) is 16.9 Å². The number of rotatable bonds is 8. The first-order valence-corrected chi connectivity index (χ1v) is 12.2. The maximum atomic E-state index is 13.6. The van der Waals surface area contributed by atoms with Crippen molar-refractivity contribution in [3.63, 3.8) is 0 Å². The Balaban J connectivity index is 2.02. The van der Waals surface area contributed by atoms with Crippen LogP contribution >= 0.6 is 0 Å². The Bertz CT molecular complexity index is 1430. The number of hydrogen-bond donors (Lipinski definition) is 1. The van der Waals surface area contributed by atoms with E-state index in [2.05, 4.69) is 0 Å². The molecule has 0 bridgehead atoms. The zero-order valence-corrected chi connectivity index (χ0v) is 22.3. The van der Waals surface area contributed by atoms with E-state index < -0.39 is 17.7 Å². The number of carbonyl (C=O) groups is 2. The van der Waals surface area contributed by atoms with Crippen LogP contribution in [0.15, 0.2) is 60.2 Å². The minimum absolute atomic E-state index is 0.0630. The van der Waals surface area contributed by atoms with E-state index in [9.17, 15) is 14.7 Å². The lowest BCUT2D eigenvalue weighted by atomic mass is 9.94. The Hall–Kier alpha value is -4.46. The summed E-state index contributed by atoms with van der Waals surface area (Å²) in [6.07, 6.45) is 0. The molecule has 0 aliphatic carbocycles. The van der Waals surface area contributed by atoms with Gasteiger partial charge in [-0.05, 0) is 67.8 Å². The maximum absolute atomic E-state index is 13.6. The number of ketones is 1. The van der Waals surface area contributed by atoms with Gasteiger partial charge in [0, 0.05) is 11.8 Å².